The summed E-state index contributed by atoms with van der Waals surface area (Å²) in [6.45, 7) is 1.47. The number of benzene rings is 1. The molecule has 0 amide bonds. The molecule has 3 heterocycles. The molecule has 1 fully saturated rings. The Kier molecular flexibility index (Phi) is 3.87. The van der Waals surface area contributed by atoms with Gasteiger partial charge in [0.1, 0.15) is 17.8 Å². The van der Waals surface area contributed by atoms with E-state index >= 15 is 0 Å². The lowest BCUT2D eigenvalue weighted by Gasteiger charge is -2.40. The van der Waals surface area contributed by atoms with Gasteiger partial charge in [0.15, 0.2) is 0 Å². The van der Waals surface area contributed by atoms with Gasteiger partial charge in [0.2, 0.25) is 0 Å². The van der Waals surface area contributed by atoms with Gasteiger partial charge in [-0.3, -0.25) is 4.79 Å². The first-order chi connectivity index (χ1) is 12.2. The Bertz CT molecular complexity index is 883. The monoisotopic (exact) mass is 336 g/mol. The molecule has 0 bridgehead atoms. The number of hydrogen-bond acceptors (Lipinski definition) is 5. The molecule has 0 saturated carbocycles. The number of fused-ring (bicyclic) bond motifs is 1. The summed E-state index contributed by atoms with van der Waals surface area (Å²) < 4.78 is 5.16. The minimum absolute atomic E-state index is 0.159. The number of piperidine rings is 1. The molecule has 6 nitrogen and oxygen atoms in total. The first-order valence-electron chi connectivity index (χ1n) is 8.41. The lowest BCUT2D eigenvalue weighted by atomic mass is 9.72. The van der Waals surface area contributed by atoms with Crippen molar-refractivity contribution < 1.29 is 9.53 Å². The zero-order chi connectivity index (χ0) is 17.3. The number of carbonyl (C=O) groups is 1. The average Bonchev–Trinajstić information content (AvgIpc) is 3.17. The Morgan fingerprint density at radius 1 is 1.16 bits per heavy atom. The third-order valence-electron chi connectivity index (χ3n) is 5.15. The molecular weight excluding hydrogens is 316 g/mol. The number of carbonyl (C=O) groups excluding carboxylic acids is 1. The molecular formula is C19H20N4O2. The Labute approximate surface area is 145 Å². The number of anilines is 1. The van der Waals surface area contributed by atoms with E-state index in [4.69, 9.17) is 4.74 Å². The maximum absolute atomic E-state index is 12.6. The molecule has 4 rings (SSSR count). The Morgan fingerprint density at radius 2 is 1.92 bits per heavy atom. The highest BCUT2D eigenvalue weighted by atomic mass is 16.5. The second kappa shape index (κ2) is 6.20. The van der Waals surface area contributed by atoms with Crippen LogP contribution >= 0.6 is 0 Å². The van der Waals surface area contributed by atoms with Crippen molar-refractivity contribution in [3.8, 4) is 0 Å². The molecule has 25 heavy (non-hydrogen) atoms. The molecule has 0 atom stereocenters. The molecule has 1 aliphatic heterocycles. The van der Waals surface area contributed by atoms with E-state index < -0.39 is 5.41 Å². The van der Waals surface area contributed by atoms with Crippen LogP contribution in [0.25, 0.3) is 11.0 Å². The number of esters is 1. The number of aromatic nitrogens is 3. The number of nitrogens with zero attached hydrogens (tertiary/aromatic N) is 3. The quantitative estimate of drug-likeness (QED) is 0.745. The minimum Gasteiger partial charge on any atom is -0.468 e. The van der Waals surface area contributed by atoms with Crippen LogP contribution in [-0.4, -0.2) is 41.1 Å². The Morgan fingerprint density at radius 3 is 2.64 bits per heavy atom. The highest BCUT2D eigenvalue weighted by molar-refractivity contribution is 5.88. The van der Waals surface area contributed by atoms with Gasteiger partial charge in [-0.05, 0) is 24.5 Å². The minimum atomic E-state index is -0.587. The molecule has 0 radical (unpaired) electrons. The summed E-state index contributed by atoms with van der Waals surface area (Å²) in [5.74, 6) is 0.755. The number of aromatic amines is 1. The van der Waals surface area contributed by atoms with E-state index in [1.54, 1.807) is 6.33 Å². The Balaban J connectivity index is 1.64. The smallest absolute Gasteiger partial charge is 0.316 e. The number of nitrogens with one attached hydrogen (secondary N) is 1. The first kappa shape index (κ1) is 15.6. The lowest BCUT2D eigenvalue weighted by Crippen LogP contribution is -2.48. The van der Waals surface area contributed by atoms with Crippen LogP contribution in [-0.2, 0) is 14.9 Å². The molecule has 128 valence electrons. The number of methoxy groups -OCH3 is 1. The Hall–Kier alpha value is -2.89. The second-order valence-corrected chi connectivity index (χ2v) is 6.36. The predicted molar refractivity (Wildman–Crippen MR) is 95.5 cm³/mol. The van der Waals surface area contributed by atoms with Gasteiger partial charge < -0.3 is 14.6 Å². The molecule has 1 aliphatic rings. The van der Waals surface area contributed by atoms with Crippen LogP contribution in [0.15, 0.2) is 48.9 Å². The number of H-pyrrole nitrogens is 1. The van der Waals surface area contributed by atoms with E-state index in [9.17, 15) is 4.79 Å². The van der Waals surface area contributed by atoms with Crippen LogP contribution in [0.2, 0.25) is 0 Å². The van der Waals surface area contributed by atoms with E-state index in [0.717, 1.165) is 35.5 Å². The van der Waals surface area contributed by atoms with Crippen molar-refractivity contribution >= 4 is 22.8 Å². The van der Waals surface area contributed by atoms with Gasteiger partial charge in [-0.1, -0.05) is 30.3 Å². The predicted octanol–water partition coefficient (Wildman–Crippen LogP) is 2.67. The van der Waals surface area contributed by atoms with Gasteiger partial charge >= 0.3 is 5.97 Å². The van der Waals surface area contributed by atoms with Gasteiger partial charge in [0.25, 0.3) is 0 Å². The van der Waals surface area contributed by atoms with Gasteiger partial charge in [-0.25, -0.2) is 9.97 Å². The van der Waals surface area contributed by atoms with Crippen molar-refractivity contribution in [2.45, 2.75) is 18.3 Å². The number of ether oxygens (including phenoxy) is 1. The van der Waals surface area contributed by atoms with Crippen molar-refractivity contribution in [1.82, 2.24) is 15.0 Å². The molecule has 0 spiro atoms. The maximum atomic E-state index is 12.6. The standard InChI is InChI=1S/C19H20N4O2/c1-25-18(24)19(14-5-3-2-4-6-14)8-11-23(12-9-19)17-15-7-10-20-16(15)21-13-22-17/h2-7,10,13H,8-9,11-12H2,1H3,(H,20,21,22). The van der Waals surface area contributed by atoms with Crippen LogP contribution < -0.4 is 4.90 Å². The van der Waals surface area contributed by atoms with E-state index in [-0.39, 0.29) is 5.97 Å². The van der Waals surface area contributed by atoms with Crippen LogP contribution in [0.4, 0.5) is 5.82 Å². The third kappa shape index (κ3) is 2.54. The normalized spacial score (nSPS) is 16.8. The fourth-order valence-corrected chi connectivity index (χ4v) is 3.77. The average molecular weight is 336 g/mol. The van der Waals surface area contributed by atoms with E-state index in [1.165, 1.54) is 7.11 Å². The van der Waals surface area contributed by atoms with Gasteiger partial charge in [-0.2, -0.15) is 0 Å². The van der Waals surface area contributed by atoms with Gasteiger partial charge in [-0.15, -0.1) is 0 Å². The van der Waals surface area contributed by atoms with E-state index in [2.05, 4.69) is 19.9 Å². The summed E-state index contributed by atoms with van der Waals surface area (Å²) in [6.07, 6.45) is 4.84. The SMILES string of the molecule is COC(=O)C1(c2ccccc2)CCN(c2ncnc3[nH]ccc23)CC1. The molecule has 0 unspecified atom stereocenters. The summed E-state index contributed by atoms with van der Waals surface area (Å²) in [6, 6.07) is 11.9. The zero-order valence-electron chi connectivity index (χ0n) is 14.1. The zero-order valence-corrected chi connectivity index (χ0v) is 14.1. The van der Waals surface area contributed by atoms with Crippen molar-refractivity contribution in [3.63, 3.8) is 0 Å². The third-order valence-corrected chi connectivity index (χ3v) is 5.15. The molecule has 1 N–H and O–H groups in total. The summed E-state index contributed by atoms with van der Waals surface area (Å²) in [5.41, 5.74) is 1.27. The number of hydrogen-bond donors (Lipinski definition) is 1. The second-order valence-electron chi connectivity index (χ2n) is 6.36. The van der Waals surface area contributed by atoms with Crippen LogP contribution in [0.3, 0.4) is 0 Å². The topological polar surface area (TPSA) is 71.1 Å². The van der Waals surface area contributed by atoms with Gasteiger partial charge in [0, 0.05) is 19.3 Å². The molecule has 1 aromatic carbocycles. The number of rotatable bonds is 3. The molecule has 6 heteroatoms. The van der Waals surface area contributed by atoms with E-state index in [1.807, 2.05) is 42.6 Å². The van der Waals surface area contributed by atoms with Crippen molar-refractivity contribution in [1.29, 1.82) is 0 Å². The van der Waals surface area contributed by atoms with Gasteiger partial charge in [0.05, 0.1) is 17.9 Å². The molecule has 2 aromatic heterocycles. The summed E-state index contributed by atoms with van der Waals surface area (Å²) in [7, 11) is 1.47. The highest BCUT2D eigenvalue weighted by Gasteiger charge is 2.44. The summed E-state index contributed by atoms with van der Waals surface area (Å²) in [4.78, 5) is 26.7. The fraction of sp³-hybridized carbons (Fsp3) is 0.316. The summed E-state index contributed by atoms with van der Waals surface area (Å²) in [5, 5.41) is 1.01. The van der Waals surface area contributed by atoms with E-state index in [0.29, 0.717) is 12.8 Å². The van der Waals surface area contributed by atoms with Crippen molar-refractivity contribution in [3.05, 3.63) is 54.5 Å². The lowest BCUT2D eigenvalue weighted by molar-refractivity contribution is -0.148. The van der Waals surface area contributed by atoms with Crippen LogP contribution in [0, 0.1) is 0 Å². The first-order valence-corrected chi connectivity index (χ1v) is 8.41. The van der Waals surface area contributed by atoms with Crippen LogP contribution in [0.5, 0.6) is 0 Å². The molecule has 0 aliphatic carbocycles. The largest absolute Gasteiger partial charge is 0.468 e. The summed E-state index contributed by atoms with van der Waals surface area (Å²) >= 11 is 0. The van der Waals surface area contributed by atoms with Crippen LogP contribution in [0.1, 0.15) is 18.4 Å². The molecule has 3 aromatic rings. The maximum Gasteiger partial charge on any atom is 0.316 e. The highest BCUT2D eigenvalue weighted by Crippen LogP contribution is 2.38. The molecule has 1 saturated heterocycles. The van der Waals surface area contributed by atoms with Crippen molar-refractivity contribution in [2.24, 2.45) is 0 Å². The fourth-order valence-electron chi connectivity index (χ4n) is 3.77. The van der Waals surface area contributed by atoms with Crippen molar-refractivity contribution in [2.75, 3.05) is 25.1 Å².